The van der Waals surface area contributed by atoms with E-state index in [1.54, 1.807) is 0 Å². The van der Waals surface area contributed by atoms with E-state index in [1.165, 1.54) is 18.3 Å². The maximum Gasteiger partial charge on any atom is 0.351 e. The molecule has 4 nitrogen and oxygen atoms in total. The van der Waals surface area contributed by atoms with Crippen molar-refractivity contribution in [2.75, 3.05) is 6.61 Å². The number of esters is 1. The molecular formula is C19H15NO3S. The number of aromatic nitrogens is 1. The van der Waals surface area contributed by atoms with Gasteiger partial charge in [0.25, 0.3) is 0 Å². The highest BCUT2D eigenvalue weighted by Gasteiger charge is 2.21. The standard InChI is InChI=1S/C19H15NO3S/c1-13(21)12-23-19(22)17-16(14-8-4-2-5-9-14)20-18(24-17)15-10-6-3-7-11-15/h2-11H,12H2,1H3. The molecule has 0 amide bonds. The third-order valence-corrected chi connectivity index (χ3v) is 4.37. The number of ether oxygens (including phenoxy) is 1. The maximum atomic E-state index is 12.4. The molecule has 1 heterocycles. The normalized spacial score (nSPS) is 10.4. The highest BCUT2D eigenvalue weighted by Crippen LogP contribution is 2.34. The number of carbonyl (C=O) groups excluding carboxylic acids is 2. The molecular weight excluding hydrogens is 322 g/mol. The Kier molecular flexibility index (Phi) is 4.82. The molecule has 5 heteroatoms. The van der Waals surface area contributed by atoms with Crippen LogP contribution in [-0.2, 0) is 9.53 Å². The lowest BCUT2D eigenvalue weighted by molar-refractivity contribution is -0.120. The second-order valence-corrected chi connectivity index (χ2v) is 6.21. The summed E-state index contributed by atoms with van der Waals surface area (Å²) in [7, 11) is 0. The van der Waals surface area contributed by atoms with E-state index in [4.69, 9.17) is 4.74 Å². The van der Waals surface area contributed by atoms with Crippen LogP contribution in [0, 0.1) is 0 Å². The Morgan fingerprint density at radius 3 is 2.12 bits per heavy atom. The summed E-state index contributed by atoms with van der Waals surface area (Å²) in [6, 6.07) is 19.1. The fraction of sp³-hybridized carbons (Fsp3) is 0.105. The minimum atomic E-state index is -0.524. The predicted octanol–water partition coefficient (Wildman–Crippen LogP) is 4.22. The van der Waals surface area contributed by atoms with Crippen LogP contribution >= 0.6 is 11.3 Å². The van der Waals surface area contributed by atoms with Crippen molar-refractivity contribution in [1.82, 2.24) is 4.98 Å². The summed E-state index contributed by atoms with van der Waals surface area (Å²) in [6.45, 7) is 1.15. The first kappa shape index (κ1) is 16.1. The SMILES string of the molecule is CC(=O)COC(=O)c1sc(-c2ccccc2)nc1-c1ccccc1. The third kappa shape index (κ3) is 3.58. The molecule has 0 atom stereocenters. The van der Waals surface area contributed by atoms with Crippen LogP contribution in [0.25, 0.3) is 21.8 Å². The van der Waals surface area contributed by atoms with Gasteiger partial charge in [-0.3, -0.25) is 4.79 Å². The third-order valence-electron chi connectivity index (χ3n) is 3.29. The van der Waals surface area contributed by atoms with E-state index in [9.17, 15) is 9.59 Å². The van der Waals surface area contributed by atoms with Gasteiger partial charge in [0.2, 0.25) is 0 Å². The van der Waals surface area contributed by atoms with Gasteiger partial charge in [-0.25, -0.2) is 9.78 Å². The van der Waals surface area contributed by atoms with E-state index in [0.29, 0.717) is 10.6 Å². The second-order valence-electron chi connectivity index (χ2n) is 5.21. The Balaban J connectivity index is 2.03. The summed E-state index contributed by atoms with van der Waals surface area (Å²) in [4.78, 5) is 28.5. The Bertz CT molecular complexity index is 857. The average Bonchev–Trinajstić information content (AvgIpc) is 3.06. The van der Waals surface area contributed by atoms with Crippen LogP contribution in [0.3, 0.4) is 0 Å². The maximum absolute atomic E-state index is 12.4. The molecule has 0 N–H and O–H groups in total. The van der Waals surface area contributed by atoms with Gasteiger partial charge in [-0.1, -0.05) is 60.7 Å². The Labute approximate surface area is 143 Å². The molecule has 0 spiro atoms. The first-order chi connectivity index (χ1) is 11.6. The number of hydrogen-bond acceptors (Lipinski definition) is 5. The number of Topliss-reactive ketones (excluding diaryl/α,β-unsaturated/α-hetero) is 1. The quantitative estimate of drug-likeness (QED) is 0.654. The van der Waals surface area contributed by atoms with Gasteiger partial charge < -0.3 is 4.74 Å². The Hall–Kier alpha value is -2.79. The number of benzene rings is 2. The van der Waals surface area contributed by atoms with Crippen molar-refractivity contribution in [2.45, 2.75) is 6.92 Å². The van der Waals surface area contributed by atoms with E-state index in [2.05, 4.69) is 4.98 Å². The van der Waals surface area contributed by atoms with Gasteiger partial charge >= 0.3 is 5.97 Å². The van der Waals surface area contributed by atoms with Crippen molar-refractivity contribution in [2.24, 2.45) is 0 Å². The minimum absolute atomic E-state index is 0.197. The molecule has 2 aromatic carbocycles. The molecule has 3 aromatic rings. The summed E-state index contributed by atoms with van der Waals surface area (Å²) < 4.78 is 5.08. The van der Waals surface area contributed by atoms with Gasteiger partial charge in [-0.2, -0.15) is 0 Å². The van der Waals surface area contributed by atoms with Gasteiger partial charge in [0, 0.05) is 11.1 Å². The zero-order valence-corrected chi connectivity index (χ0v) is 13.9. The predicted molar refractivity (Wildman–Crippen MR) is 93.9 cm³/mol. The van der Waals surface area contributed by atoms with Crippen LogP contribution in [-0.4, -0.2) is 23.3 Å². The largest absolute Gasteiger partial charge is 0.453 e. The molecule has 0 radical (unpaired) electrons. The van der Waals surface area contributed by atoms with Crippen LogP contribution in [0.2, 0.25) is 0 Å². The zero-order valence-electron chi connectivity index (χ0n) is 13.1. The molecule has 0 unspecified atom stereocenters. The molecule has 0 saturated heterocycles. The minimum Gasteiger partial charge on any atom is -0.453 e. The molecule has 0 fully saturated rings. The topological polar surface area (TPSA) is 56.3 Å². The molecule has 3 rings (SSSR count). The second kappa shape index (κ2) is 7.19. The summed E-state index contributed by atoms with van der Waals surface area (Å²) in [5.74, 6) is -0.721. The fourth-order valence-electron chi connectivity index (χ4n) is 2.19. The summed E-state index contributed by atoms with van der Waals surface area (Å²) >= 11 is 1.27. The fourth-order valence-corrected chi connectivity index (χ4v) is 3.17. The number of carbonyl (C=O) groups is 2. The number of ketones is 1. The van der Waals surface area contributed by atoms with Crippen molar-refractivity contribution in [1.29, 1.82) is 0 Å². The summed E-state index contributed by atoms with van der Waals surface area (Å²) in [6.07, 6.45) is 0. The summed E-state index contributed by atoms with van der Waals surface area (Å²) in [5.41, 5.74) is 2.35. The van der Waals surface area contributed by atoms with E-state index < -0.39 is 5.97 Å². The number of hydrogen-bond donors (Lipinski definition) is 0. The van der Waals surface area contributed by atoms with Gasteiger partial charge in [0.05, 0.1) is 5.69 Å². The van der Waals surface area contributed by atoms with Crippen molar-refractivity contribution in [3.05, 3.63) is 65.5 Å². The number of rotatable bonds is 5. The van der Waals surface area contributed by atoms with E-state index in [-0.39, 0.29) is 12.4 Å². The average molecular weight is 337 g/mol. The van der Waals surface area contributed by atoms with Crippen molar-refractivity contribution >= 4 is 23.1 Å². The molecule has 0 aliphatic carbocycles. The first-order valence-corrected chi connectivity index (χ1v) is 8.25. The van der Waals surface area contributed by atoms with Crippen LogP contribution in [0.15, 0.2) is 60.7 Å². The zero-order chi connectivity index (χ0) is 16.9. The highest BCUT2D eigenvalue weighted by atomic mass is 32.1. The molecule has 120 valence electrons. The lowest BCUT2D eigenvalue weighted by Gasteiger charge is -2.02. The molecule has 0 bridgehead atoms. The van der Waals surface area contributed by atoms with Gasteiger partial charge in [-0.15, -0.1) is 11.3 Å². The lowest BCUT2D eigenvalue weighted by atomic mass is 10.1. The Morgan fingerprint density at radius 1 is 0.958 bits per heavy atom. The van der Waals surface area contributed by atoms with Crippen LogP contribution in [0.5, 0.6) is 0 Å². The number of nitrogens with zero attached hydrogens (tertiary/aromatic N) is 1. The van der Waals surface area contributed by atoms with E-state index in [0.717, 1.165) is 16.1 Å². The molecule has 24 heavy (non-hydrogen) atoms. The number of thiazole rings is 1. The van der Waals surface area contributed by atoms with Crippen LogP contribution in [0.1, 0.15) is 16.6 Å². The lowest BCUT2D eigenvalue weighted by Crippen LogP contribution is -2.11. The van der Waals surface area contributed by atoms with E-state index >= 15 is 0 Å². The highest BCUT2D eigenvalue weighted by molar-refractivity contribution is 7.17. The van der Waals surface area contributed by atoms with Gasteiger partial charge in [0.15, 0.2) is 5.78 Å². The first-order valence-electron chi connectivity index (χ1n) is 7.43. The Morgan fingerprint density at radius 2 is 1.54 bits per heavy atom. The van der Waals surface area contributed by atoms with Gasteiger partial charge in [-0.05, 0) is 6.92 Å². The van der Waals surface area contributed by atoms with E-state index in [1.807, 2.05) is 60.7 Å². The summed E-state index contributed by atoms with van der Waals surface area (Å²) in [5, 5.41) is 0.740. The molecule has 0 saturated carbocycles. The van der Waals surface area contributed by atoms with Crippen molar-refractivity contribution in [3.63, 3.8) is 0 Å². The van der Waals surface area contributed by atoms with Crippen molar-refractivity contribution in [3.8, 4) is 21.8 Å². The smallest absolute Gasteiger partial charge is 0.351 e. The van der Waals surface area contributed by atoms with Crippen LogP contribution < -0.4 is 0 Å². The monoisotopic (exact) mass is 337 g/mol. The molecule has 1 aromatic heterocycles. The van der Waals surface area contributed by atoms with Gasteiger partial charge in [0.1, 0.15) is 16.5 Å². The van der Waals surface area contributed by atoms with Crippen LogP contribution in [0.4, 0.5) is 0 Å². The molecule has 0 aliphatic rings. The molecule has 0 aliphatic heterocycles. The van der Waals surface area contributed by atoms with Crippen molar-refractivity contribution < 1.29 is 14.3 Å².